The lowest BCUT2D eigenvalue weighted by molar-refractivity contribution is -0.125. The van der Waals surface area contributed by atoms with E-state index >= 15 is 0 Å². The zero-order valence-electron chi connectivity index (χ0n) is 14.9. The number of carbonyl (C=O) groups excluding carboxylic acids is 1. The van der Waals surface area contributed by atoms with Crippen LogP contribution in [0.25, 0.3) is 22.3 Å². The lowest BCUT2D eigenvalue weighted by Crippen LogP contribution is -2.29. The second-order valence-corrected chi connectivity index (χ2v) is 7.96. The molecule has 0 fully saturated rings. The summed E-state index contributed by atoms with van der Waals surface area (Å²) < 4.78 is 33.7. The number of para-hydroxylation sites is 1. The molecule has 0 spiro atoms. The molecule has 0 unspecified atom stereocenters. The van der Waals surface area contributed by atoms with Crippen LogP contribution in [0.4, 0.5) is 0 Å². The maximum atomic E-state index is 13.0. The van der Waals surface area contributed by atoms with Crippen LogP contribution in [0.5, 0.6) is 0 Å². The van der Waals surface area contributed by atoms with Crippen molar-refractivity contribution < 1.29 is 22.4 Å². The Morgan fingerprint density at radius 1 is 1.00 bits per heavy atom. The van der Waals surface area contributed by atoms with E-state index in [1.54, 1.807) is 38.1 Å². The van der Waals surface area contributed by atoms with Gasteiger partial charge in [-0.15, -0.1) is 0 Å². The number of benzene rings is 2. The lowest BCUT2D eigenvalue weighted by atomic mass is 9.96. The molecule has 3 aromatic rings. The fraction of sp³-hybridized carbons (Fsp3) is 0.190. The molecule has 0 bridgehead atoms. The summed E-state index contributed by atoms with van der Waals surface area (Å²) in [5.74, 6) is 0.745. The zero-order chi connectivity index (χ0) is 19.2. The Morgan fingerprint density at radius 2 is 1.70 bits per heavy atom. The molecule has 0 aliphatic carbocycles. The number of thiol groups is 1. The highest BCUT2D eigenvalue weighted by Crippen LogP contribution is 2.42. The second kappa shape index (κ2) is 6.39. The molecule has 0 atom stereocenters. The number of hydrogen-bond acceptors (Lipinski definition) is 5. The summed E-state index contributed by atoms with van der Waals surface area (Å²) in [5.41, 5.74) is 1.49. The van der Waals surface area contributed by atoms with E-state index < -0.39 is 16.3 Å². The molecule has 0 saturated carbocycles. The van der Waals surface area contributed by atoms with Crippen molar-refractivity contribution in [1.82, 2.24) is 0 Å². The highest BCUT2D eigenvalue weighted by Gasteiger charge is 2.44. The minimum absolute atomic E-state index is 0.0175. The molecule has 1 aromatic heterocycles. The highest BCUT2D eigenvalue weighted by atomic mass is 32.2. The van der Waals surface area contributed by atoms with Crippen molar-refractivity contribution in [3.05, 3.63) is 71.5 Å². The van der Waals surface area contributed by atoms with Crippen molar-refractivity contribution in [2.75, 3.05) is 0 Å². The molecule has 6 heteroatoms. The molecule has 0 amide bonds. The van der Waals surface area contributed by atoms with Crippen LogP contribution < -0.4 is 0 Å². The third-order valence-corrected chi connectivity index (χ3v) is 5.18. The molecule has 0 radical (unpaired) electrons. The van der Waals surface area contributed by atoms with Gasteiger partial charge >= 0.3 is 0 Å². The molecule has 0 saturated heterocycles. The predicted molar refractivity (Wildman–Crippen MR) is 104 cm³/mol. The van der Waals surface area contributed by atoms with Gasteiger partial charge in [-0.05, 0) is 31.5 Å². The first-order valence-corrected chi connectivity index (χ1v) is 9.89. The lowest BCUT2D eigenvalue weighted by Gasteiger charge is -2.17. The third kappa shape index (κ3) is 3.17. The van der Waals surface area contributed by atoms with E-state index in [9.17, 15) is 13.2 Å². The van der Waals surface area contributed by atoms with Gasteiger partial charge in [0, 0.05) is 10.9 Å². The minimum Gasteiger partial charge on any atom is -0.478 e. The molecule has 2 heterocycles. The molecule has 27 heavy (non-hydrogen) atoms. The highest BCUT2D eigenvalue weighted by molar-refractivity contribution is 7.71. The number of ether oxygens (including phenoxy) is 1. The van der Waals surface area contributed by atoms with Gasteiger partial charge in [0.05, 0.1) is 5.75 Å². The quantitative estimate of drug-likeness (QED) is 0.695. The van der Waals surface area contributed by atoms with Gasteiger partial charge in [-0.3, -0.25) is 4.79 Å². The van der Waals surface area contributed by atoms with Gasteiger partial charge in [-0.25, -0.2) is 8.42 Å². The third-order valence-electron chi connectivity index (χ3n) is 4.56. The normalized spacial score (nSPS) is 16.3. The van der Waals surface area contributed by atoms with Gasteiger partial charge in [-0.2, -0.15) is 0 Å². The number of fused-ring (bicyclic) bond motifs is 1. The molecule has 1 aliphatic heterocycles. The number of furan rings is 1. The van der Waals surface area contributed by atoms with E-state index in [-0.39, 0.29) is 11.5 Å². The van der Waals surface area contributed by atoms with Crippen LogP contribution in [-0.4, -0.2) is 19.8 Å². The maximum Gasteiger partial charge on any atom is 0.213 e. The Hall–Kier alpha value is -2.86. The average molecular weight is 382 g/mol. The predicted octanol–water partition coefficient (Wildman–Crippen LogP) is 3.79. The largest absolute Gasteiger partial charge is 0.478 e. The van der Waals surface area contributed by atoms with Crippen LogP contribution in [0.2, 0.25) is 0 Å². The van der Waals surface area contributed by atoms with E-state index in [1.807, 2.05) is 30.3 Å². The molecule has 0 N–H and O–H groups in total. The van der Waals surface area contributed by atoms with Crippen molar-refractivity contribution in [1.29, 1.82) is 0 Å². The Bertz CT molecular complexity index is 1110. The second-order valence-electron chi connectivity index (χ2n) is 6.98. The van der Waals surface area contributed by atoms with Gasteiger partial charge in [0.1, 0.15) is 33.4 Å². The fourth-order valence-electron chi connectivity index (χ4n) is 3.20. The number of rotatable bonds is 4. The Balaban J connectivity index is 1.84. The van der Waals surface area contributed by atoms with Crippen LogP contribution in [0.15, 0.2) is 59.0 Å². The van der Waals surface area contributed by atoms with Gasteiger partial charge in [-0.1, -0.05) is 42.5 Å². The van der Waals surface area contributed by atoms with E-state index in [4.69, 9.17) is 9.15 Å². The summed E-state index contributed by atoms with van der Waals surface area (Å²) in [6.45, 7) is 3.45. The number of carbonyl (C=O) groups is 1. The summed E-state index contributed by atoms with van der Waals surface area (Å²) >= 11 is 0. The van der Waals surface area contributed by atoms with Crippen molar-refractivity contribution in [2.45, 2.75) is 25.2 Å². The first kappa shape index (κ1) is 17.5. The summed E-state index contributed by atoms with van der Waals surface area (Å²) in [4.78, 5) is 13.0. The minimum atomic E-state index is -2.49. The van der Waals surface area contributed by atoms with E-state index in [1.165, 1.54) is 0 Å². The molecule has 5 nitrogen and oxygen atoms in total. The van der Waals surface area contributed by atoms with Crippen LogP contribution in [0.1, 0.15) is 30.7 Å². The standard InChI is InChI=1S/C21H18O5S/c1-21(2)20(22)18(17-11-15-5-3-4-6-16(15)25-17)19(26-21)14-9-7-13(8-10-14)12-27(23)24/h3-11,27H,12H2,1-2H3. The van der Waals surface area contributed by atoms with Crippen LogP contribution in [0, 0.1) is 0 Å². The Kier molecular flexibility index (Phi) is 4.15. The van der Waals surface area contributed by atoms with Crippen molar-refractivity contribution in [3.63, 3.8) is 0 Å². The van der Waals surface area contributed by atoms with Crippen LogP contribution in [0.3, 0.4) is 0 Å². The summed E-state index contributed by atoms with van der Waals surface area (Å²) in [5, 5.41) is 0.909. The molecule has 2 aromatic carbocycles. The smallest absolute Gasteiger partial charge is 0.213 e. The van der Waals surface area contributed by atoms with Crippen molar-refractivity contribution in [3.8, 4) is 0 Å². The van der Waals surface area contributed by atoms with Crippen molar-refractivity contribution in [2.24, 2.45) is 0 Å². The fourth-order valence-corrected chi connectivity index (χ4v) is 3.71. The first-order chi connectivity index (χ1) is 12.8. The van der Waals surface area contributed by atoms with E-state index in [0.29, 0.717) is 33.8 Å². The molecular weight excluding hydrogens is 364 g/mol. The number of hydrogen-bond donors (Lipinski definition) is 1. The average Bonchev–Trinajstić information content (AvgIpc) is 3.14. The molecule has 138 valence electrons. The van der Waals surface area contributed by atoms with Crippen LogP contribution in [-0.2, 0) is 26.0 Å². The van der Waals surface area contributed by atoms with Gasteiger partial charge in [0.15, 0.2) is 5.60 Å². The summed E-state index contributed by atoms with van der Waals surface area (Å²) in [6.07, 6.45) is 0. The topological polar surface area (TPSA) is 73.6 Å². The van der Waals surface area contributed by atoms with E-state index in [2.05, 4.69) is 0 Å². The maximum absolute atomic E-state index is 13.0. The van der Waals surface area contributed by atoms with Gasteiger partial charge < -0.3 is 9.15 Å². The first-order valence-electron chi connectivity index (χ1n) is 8.53. The monoisotopic (exact) mass is 382 g/mol. The Labute approximate surface area is 158 Å². The SMILES string of the molecule is CC1(C)OC(c2ccc(C[SH](=O)=O)cc2)=C(c2cc3ccccc3o2)C1=O. The Morgan fingerprint density at radius 3 is 2.37 bits per heavy atom. The van der Waals surface area contributed by atoms with E-state index in [0.717, 1.165) is 5.39 Å². The summed E-state index contributed by atoms with van der Waals surface area (Å²) in [7, 11) is -2.49. The zero-order valence-corrected chi connectivity index (χ0v) is 15.8. The van der Waals surface area contributed by atoms with Gasteiger partial charge in [0.2, 0.25) is 5.78 Å². The van der Waals surface area contributed by atoms with Crippen LogP contribution >= 0.6 is 0 Å². The number of Topliss-reactive ketones (excluding diaryl/α,β-unsaturated/α-hetero) is 1. The molecular formula is C21H18O5S. The summed E-state index contributed by atoms with van der Waals surface area (Å²) in [6, 6.07) is 16.4. The molecule has 4 rings (SSSR count). The molecule has 1 aliphatic rings. The van der Waals surface area contributed by atoms with Crippen molar-refractivity contribution >= 4 is 38.8 Å². The number of ketones is 1. The van der Waals surface area contributed by atoms with Gasteiger partial charge in [0.25, 0.3) is 0 Å².